The summed E-state index contributed by atoms with van der Waals surface area (Å²) in [7, 11) is 0. The molecule has 70 valence electrons. The van der Waals surface area contributed by atoms with Gasteiger partial charge in [-0.05, 0) is 17.9 Å². The number of nitriles is 1. The van der Waals surface area contributed by atoms with E-state index in [0.717, 1.165) is 12.0 Å². The molecule has 3 heteroatoms. The number of hydrogen-bond donors (Lipinski definition) is 1. The fourth-order valence-corrected chi connectivity index (χ4v) is 2.61. The Morgan fingerprint density at radius 2 is 2.15 bits per heavy atom. The third-order valence-corrected chi connectivity index (χ3v) is 3.24. The predicted octanol–water partition coefficient (Wildman–Crippen LogP) is 2.89. The molecule has 0 saturated carbocycles. The second-order valence-corrected chi connectivity index (χ2v) is 4.43. The number of nitrogen functional groups attached to an aromatic ring is 1. The van der Waals surface area contributed by atoms with Crippen LogP contribution in [0.3, 0.4) is 0 Å². The van der Waals surface area contributed by atoms with Crippen molar-refractivity contribution in [2.75, 3.05) is 5.73 Å². The molecule has 0 atom stereocenters. The summed E-state index contributed by atoms with van der Waals surface area (Å²) in [5, 5.41) is 9.60. The van der Waals surface area contributed by atoms with Gasteiger partial charge < -0.3 is 5.73 Å². The van der Waals surface area contributed by atoms with Crippen molar-refractivity contribution in [1.29, 1.82) is 5.26 Å². The highest BCUT2D eigenvalue weighted by molar-refractivity contribution is 7.16. The molecule has 0 spiro atoms. The second-order valence-electron chi connectivity index (χ2n) is 3.30. The molecule has 0 amide bonds. The molecule has 0 aliphatic heterocycles. The Bertz CT molecular complexity index is 345. The molecule has 1 heterocycles. The maximum atomic E-state index is 8.93. The summed E-state index contributed by atoms with van der Waals surface area (Å²) in [4.78, 5) is 1.25. The maximum absolute atomic E-state index is 8.93. The molecule has 0 unspecified atom stereocenters. The zero-order chi connectivity index (χ0) is 10.0. The predicted molar refractivity (Wildman–Crippen MR) is 56.9 cm³/mol. The number of anilines is 1. The molecule has 2 N–H and O–H groups in total. The van der Waals surface area contributed by atoms with Crippen LogP contribution in [-0.2, 0) is 6.42 Å². The first kappa shape index (κ1) is 10.1. The van der Waals surface area contributed by atoms with Crippen molar-refractivity contribution in [2.45, 2.75) is 33.1 Å². The van der Waals surface area contributed by atoms with Crippen LogP contribution >= 0.6 is 11.3 Å². The van der Waals surface area contributed by atoms with Gasteiger partial charge in [0.05, 0.1) is 5.56 Å². The minimum Gasteiger partial charge on any atom is -0.389 e. The molecule has 0 aliphatic carbocycles. The van der Waals surface area contributed by atoms with E-state index in [2.05, 4.69) is 26.8 Å². The molecule has 0 aliphatic rings. The van der Waals surface area contributed by atoms with Crippen molar-refractivity contribution in [2.24, 2.45) is 0 Å². The zero-order valence-corrected chi connectivity index (χ0v) is 9.03. The van der Waals surface area contributed by atoms with Gasteiger partial charge in [-0.2, -0.15) is 5.26 Å². The van der Waals surface area contributed by atoms with Crippen LogP contribution in [0.5, 0.6) is 0 Å². The first-order chi connectivity index (χ1) is 6.11. The van der Waals surface area contributed by atoms with Crippen molar-refractivity contribution in [3.05, 3.63) is 16.0 Å². The SMILES string of the molecule is CCc1sc(N)c(C#N)c1C(C)C. The molecule has 2 nitrogen and oxygen atoms in total. The van der Waals surface area contributed by atoms with E-state index in [1.54, 1.807) is 11.3 Å². The minimum atomic E-state index is 0.387. The number of aryl methyl sites for hydroxylation is 1. The third kappa shape index (κ3) is 1.68. The lowest BCUT2D eigenvalue weighted by Crippen LogP contribution is -1.94. The van der Waals surface area contributed by atoms with Crippen molar-refractivity contribution < 1.29 is 0 Å². The van der Waals surface area contributed by atoms with E-state index < -0.39 is 0 Å². The van der Waals surface area contributed by atoms with Gasteiger partial charge in [-0.25, -0.2) is 0 Å². The molecule has 1 rings (SSSR count). The molecular formula is C10H14N2S. The summed E-state index contributed by atoms with van der Waals surface area (Å²) in [6, 6.07) is 2.19. The standard InChI is InChI=1S/C10H14N2S/c1-4-8-9(6(2)3)7(5-11)10(12)13-8/h6H,4,12H2,1-3H3. The molecule has 13 heavy (non-hydrogen) atoms. The largest absolute Gasteiger partial charge is 0.389 e. The molecule has 1 aromatic heterocycles. The molecule has 0 bridgehead atoms. The molecule has 0 aromatic carbocycles. The van der Waals surface area contributed by atoms with E-state index in [0.29, 0.717) is 16.5 Å². The summed E-state index contributed by atoms with van der Waals surface area (Å²) in [5.74, 6) is 0.387. The van der Waals surface area contributed by atoms with Crippen LogP contribution in [0.1, 0.15) is 42.7 Å². The minimum absolute atomic E-state index is 0.387. The summed E-state index contributed by atoms with van der Waals surface area (Å²) >= 11 is 1.55. The van der Waals surface area contributed by atoms with E-state index >= 15 is 0 Å². The Balaban J connectivity index is 3.34. The zero-order valence-electron chi connectivity index (χ0n) is 8.22. The quantitative estimate of drug-likeness (QED) is 0.787. The van der Waals surface area contributed by atoms with Crippen LogP contribution in [0.15, 0.2) is 0 Å². The molecular weight excluding hydrogens is 180 g/mol. The van der Waals surface area contributed by atoms with Crippen LogP contribution in [0, 0.1) is 11.3 Å². The van der Waals surface area contributed by atoms with Gasteiger partial charge in [0.25, 0.3) is 0 Å². The molecule has 0 radical (unpaired) electrons. The highest BCUT2D eigenvalue weighted by Gasteiger charge is 2.17. The van der Waals surface area contributed by atoms with E-state index in [1.165, 1.54) is 4.88 Å². The lowest BCUT2D eigenvalue weighted by atomic mass is 9.98. The van der Waals surface area contributed by atoms with Crippen molar-refractivity contribution >= 4 is 16.3 Å². The second kappa shape index (κ2) is 3.80. The van der Waals surface area contributed by atoms with Crippen LogP contribution in [0.4, 0.5) is 5.00 Å². The van der Waals surface area contributed by atoms with E-state index in [-0.39, 0.29) is 0 Å². The Morgan fingerprint density at radius 3 is 2.54 bits per heavy atom. The van der Waals surface area contributed by atoms with Crippen molar-refractivity contribution in [3.8, 4) is 6.07 Å². The van der Waals surface area contributed by atoms with Crippen LogP contribution in [0.25, 0.3) is 0 Å². The third-order valence-electron chi connectivity index (χ3n) is 2.06. The smallest absolute Gasteiger partial charge is 0.104 e. The summed E-state index contributed by atoms with van der Waals surface area (Å²) in [6.45, 7) is 6.29. The van der Waals surface area contributed by atoms with Crippen molar-refractivity contribution in [3.63, 3.8) is 0 Å². The van der Waals surface area contributed by atoms with Gasteiger partial charge in [0.15, 0.2) is 0 Å². The lowest BCUT2D eigenvalue weighted by Gasteiger charge is -2.05. The van der Waals surface area contributed by atoms with E-state index in [4.69, 9.17) is 11.0 Å². The average Bonchev–Trinajstić information content (AvgIpc) is 2.41. The molecule has 1 aromatic rings. The average molecular weight is 194 g/mol. The van der Waals surface area contributed by atoms with Crippen LogP contribution in [0.2, 0.25) is 0 Å². The van der Waals surface area contributed by atoms with E-state index in [1.807, 2.05) is 0 Å². The first-order valence-electron chi connectivity index (χ1n) is 4.42. The van der Waals surface area contributed by atoms with Gasteiger partial charge in [-0.1, -0.05) is 20.8 Å². The topological polar surface area (TPSA) is 49.8 Å². The van der Waals surface area contributed by atoms with E-state index in [9.17, 15) is 0 Å². The first-order valence-corrected chi connectivity index (χ1v) is 5.24. The normalized spacial score (nSPS) is 10.4. The van der Waals surface area contributed by atoms with Crippen LogP contribution in [-0.4, -0.2) is 0 Å². The molecule has 0 fully saturated rings. The number of nitrogens with zero attached hydrogens (tertiary/aromatic N) is 1. The Kier molecular flexibility index (Phi) is 2.94. The Morgan fingerprint density at radius 1 is 1.54 bits per heavy atom. The summed E-state index contributed by atoms with van der Waals surface area (Å²) in [5.41, 5.74) is 7.60. The van der Waals surface area contributed by atoms with Gasteiger partial charge >= 0.3 is 0 Å². The summed E-state index contributed by atoms with van der Waals surface area (Å²) < 4.78 is 0. The fraction of sp³-hybridized carbons (Fsp3) is 0.500. The highest BCUT2D eigenvalue weighted by Crippen LogP contribution is 2.35. The Labute approximate surface area is 83.0 Å². The van der Waals surface area contributed by atoms with Gasteiger partial charge in [-0.3, -0.25) is 0 Å². The fourth-order valence-electron chi connectivity index (χ4n) is 1.50. The van der Waals surface area contributed by atoms with Crippen molar-refractivity contribution in [1.82, 2.24) is 0 Å². The molecule has 0 saturated heterocycles. The monoisotopic (exact) mass is 194 g/mol. The highest BCUT2D eigenvalue weighted by atomic mass is 32.1. The Hall–Kier alpha value is -1.01. The van der Waals surface area contributed by atoms with Gasteiger partial charge in [0, 0.05) is 4.88 Å². The number of thiophene rings is 1. The van der Waals surface area contributed by atoms with Gasteiger partial charge in [0.2, 0.25) is 0 Å². The maximum Gasteiger partial charge on any atom is 0.104 e. The lowest BCUT2D eigenvalue weighted by molar-refractivity contribution is 0.852. The number of rotatable bonds is 2. The number of hydrogen-bond acceptors (Lipinski definition) is 3. The van der Waals surface area contributed by atoms with Crippen LogP contribution < -0.4 is 5.73 Å². The van der Waals surface area contributed by atoms with Gasteiger partial charge in [-0.15, -0.1) is 11.3 Å². The number of nitrogens with two attached hydrogens (primary N) is 1. The van der Waals surface area contributed by atoms with Gasteiger partial charge in [0.1, 0.15) is 11.1 Å². The summed E-state index contributed by atoms with van der Waals surface area (Å²) in [6.07, 6.45) is 0.962.